The number of carbonyl (C=O) groups excluding carboxylic acids is 2. The van der Waals surface area contributed by atoms with E-state index in [2.05, 4.69) is 10.6 Å². The average molecular weight is 287 g/mol. The summed E-state index contributed by atoms with van der Waals surface area (Å²) in [6.45, 7) is 0.706. The lowest BCUT2D eigenvalue weighted by Gasteiger charge is -2.34. The fourth-order valence-corrected chi connectivity index (χ4v) is 3.38. The number of amides is 3. The Bertz CT molecular complexity index is 384. The molecule has 0 aromatic heterocycles. The molecule has 2 rings (SSSR count). The first-order valence-electron chi connectivity index (χ1n) is 6.22. The van der Waals surface area contributed by atoms with Crippen molar-refractivity contribution in [1.82, 2.24) is 15.5 Å². The molecule has 3 N–H and O–H groups in total. The van der Waals surface area contributed by atoms with Crippen LogP contribution in [0.4, 0.5) is 4.79 Å². The van der Waals surface area contributed by atoms with Gasteiger partial charge in [0.05, 0.1) is 6.42 Å². The monoisotopic (exact) mass is 287 g/mol. The van der Waals surface area contributed by atoms with Crippen LogP contribution in [-0.2, 0) is 9.59 Å². The van der Waals surface area contributed by atoms with Crippen molar-refractivity contribution in [3.05, 3.63) is 0 Å². The van der Waals surface area contributed by atoms with Crippen LogP contribution in [-0.4, -0.2) is 64.6 Å². The number of aliphatic carboxylic acids is 1. The second kappa shape index (κ2) is 6.14. The molecule has 2 saturated heterocycles. The van der Waals surface area contributed by atoms with Gasteiger partial charge in [0, 0.05) is 24.9 Å². The van der Waals surface area contributed by atoms with Gasteiger partial charge in [0.15, 0.2) is 0 Å². The van der Waals surface area contributed by atoms with Gasteiger partial charge in [-0.15, -0.1) is 0 Å². The van der Waals surface area contributed by atoms with Crippen LogP contribution in [0.5, 0.6) is 0 Å². The molecule has 0 bridgehead atoms. The zero-order valence-corrected chi connectivity index (χ0v) is 11.2. The second-order valence-electron chi connectivity index (χ2n) is 4.61. The van der Waals surface area contributed by atoms with E-state index in [0.717, 1.165) is 17.9 Å². The fourth-order valence-electron chi connectivity index (χ4n) is 2.23. The van der Waals surface area contributed by atoms with Crippen LogP contribution in [0.2, 0.25) is 0 Å². The number of nitrogens with zero attached hydrogens (tertiary/aromatic N) is 1. The third-order valence-corrected chi connectivity index (χ3v) is 4.38. The number of hydrogen-bond donors (Lipinski definition) is 3. The molecule has 0 aliphatic carbocycles. The standard InChI is InChI=1S/C11H17N3O4S/c15-9(16)5-8-10(17)12-2-3-14(8)11(18)13-7-1-4-19-6-7/h7-8H,1-6H2,(H,12,17)(H,13,18)(H,15,16). The van der Waals surface area contributed by atoms with Gasteiger partial charge in [0.1, 0.15) is 6.04 Å². The van der Waals surface area contributed by atoms with Gasteiger partial charge < -0.3 is 20.6 Å². The number of hydrogen-bond acceptors (Lipinski definition) is 4. The lowest BCUT2D eigenvalue weighted by Crippen LogP contribution is -2.60. The summed E-state index contributed by atoms with van der Waals surface area (Å²) in [7, 11) is 0. The van der Waals surface area contributed by atoms with Gasteiger partial charge in [-0.05, 0) is 12.2 Å². The third kappa shape index (κ3) is 3.52. The zero-order valence-electron chi connectivity index (χ0n) is 10.4. The van der Waals surface area contributed by atoms with Gasteiger partial charge in [0.25, 0.3) is 0 Å². The molecule has 0 aromatic rings. The predicted octanol–water partition coefficient (Wildman–Crippen LogP) is -0.523. The highest BCUT2D eigenvalue weighted by Crippen LogP contribution is 2.18. The predicted molar refractivity (Wildman–Crippen MR) is 70.0 cm³/mol. The molecule has 106 valence electrons. The molecule has 0 spiro atoms. The molecule has 3 amide bonds. The first-order chi connectivity index (χ1) is 9.08. The van der Waals surface area contributed by atoms with Crippen LogP contribution >= 0.6 is 11.8 Å². The zero-order chi connectivity index (χ0) is 13.8. The summed E-state index contributed by atoms with van der Waals surface area (Å²) < 4.78 is 0. The molecule has 2 heterocycles. The number of urea groups is 1. The minimum atomic E-state index is -1.09. The van der Waals surface area contributed by atoms with Gasteiger partial charge in [-0.2, -0.15) is 11.8 Å². The van der Waals surface area contributed by atoms with Crippen molar-refractivity contribution in [2.75, 3.05) is 24.6 Å². The highest BCUT2D eigenvalue weighted by Gasteiger charge is 2.35. The van der Waals surface area contributed by atoms with E-state index in [1.54, 1.807) is 11.8 Å². The lowest BCUT2D eigenvalue weighted by atomic mass is 10.1. The van der Waals surface area contributed by atoms with E-state index >= 15 is 0 Å². The minimum Gasteiger partial charge on any atom is -0.481 e. The molecule has 0 saturated carbocycles. The van der Waals surface area contributed by atoms with Crippen molar-refractivity contribution in [3.8, 4) is 0 Å². The molecular weight excluding hydrogens is 270 g/mol. The normalized spacial score (nSPS) is 26.9. The van der Waals surface area contributed by atoms with Crippen LogP contribution in [0, 0.1) is 0 Å². The summed E-state index contributed by atoms with van der Waals surface area (Å²) in [4.78, 5) is 35.9. The Morgan fingerprint density at radius 2 is 2.32 bits per heavy atom. The van der Waals surface area contributed by atoms with Gasteiger partial charge >= 0.3 is 12.0 Å². The molecule has 2 aliphatic heterocycles. The Kier molecular flexibility index (Phi) is 4.52. The average Bonchev–Trinajstić information content (AvgIpc) is 2.84. The maximum Gasteiger partial charge on any atom is 0.318 e. The molecule has 0 aromatic carbocycles. The summed E-state index contributed by atoms with van der Waals surface area (Å²) in [5, 5.41) is 14.3. The summed E-state index contributed by atoms with van der Waals surface area (Å²) >= 11 is 1.78. The maximum atomic E-state index is 12.1. The molecule has 0 radical (unpaired) electrons. The van der Waals surface area contributed by atoms with E-state index in [1.165, 1.54) is 4.90 Å². The van der Waals surface area contributed by atoms with E-state index < -0.39 is 17.9 Å². The van der Waals surface area contributed by atoms with Crippen molar-refractivity contribution in [1.29, 1.82) is 0 Å². The van der Waals surface area contributed by atoms with E-state index in [9.17, 15) is 14.4 Å². The Morgan fingerprint density at radius 1 is 1.53 bits per heavy atom. The van der Waals surface area contributed by atoms with Crippen LogP contribution < -0.4 is 10.6 Å². The van der Waals surface area contributed by atoms with Crippen molar-refractivity contribution in [2.45, 2.75) is 24.9 Å². The highest BCUT2D eigenvalue weighted by atomic mass is 32.2. The quantitative estimate of drug-likeness (QED) is 0.648. The Labute approximate surface area is 115 Å². The topological polar surface area (TPSA) is 98.7 Å². The number of carboxylic acids is 1. The second-order valence-corrected chi connectivity index (χ2v) is 5.76. The van der Waals surface area contributed by atoms with E-state index in [0.29, 0.717) is 13.1 Å². The molecule has 2 atom stereocenters. The number of piperazine rings is 1. The van der Waals surface area contributed by atoms with Crippen LogP contribution in [0.25, 0.3) is 0 Å². The fraction of sp³-hybridized carbons (Fsp3) is 0.727. The van der Waals surface area contributed by atoms with Crippen molar-refractivity contribution < 1.29 is 19.5 Å². The molecule has 2 aliphatic rings. The maximum absolute atomic E-state index is 12.1. The molecule has 2 unspecified atom stereocenters. The summed E-state index contributed by atoms with van der Waals surface area (Å²) in [5.74, 6) is 0.403. The highest BCUT2D eigenvalue weighted by molar-refractivity contribution is 7.99. The number of nitrogens with one attached hydrogen (secondary N) is 2. The summed E-state index contributed by atoms with van der Waals surface area (Å²) in [6, 6.07) is -1.14. The first-order valence-corrected chi connectivity index (χ1v) is 7.38. The van der Waals surface area contributed by atoms with Crippen LogP contribution in [0.3, 0.4) is 0 Å². The van der Waals surface area contributed by atoms with Gasteiger partial charge in [-0.25, -0.2) is 4.79 Å². The lowest BCUT2D eigenvalue weighted by molar-refractivity contribution is -0.142. The van der Waals surface area contributed by atoms with Gasteiger partial charge in [-0.3, -0.25) is 9.59 Å². The van der Waals surface area contributed by atoms with Crippen molar-refractivity contribution in [2.24, 2.45) is 0 Å². The molecule has 19 heavy (non-hydrogen) atoms. The smallest absolute Gasteiger partial charge is 0.318 e. The Balaban J connectivity index is 1.99. The number of thioether (sulfide) groups is 1. The summed E-state index contributed by atoms with van der Waals surface area (Å²) in [5.41, 5.74) is 0. The first kappa shape index (κ1) is 14.0. The van der Waals surface area contributed by atoms with E-state index in [-0.39, 0.29) is 18.5 Å². The number of carboxylic acid groups (broad SMARTS) is 1. The number of carbonyl (C=O) groups is 3. The molecule has 8 heteroatoms. The largest absolute Gasteiger partial charge is 0.481 e. The van der Waals surface area contributed by atoms with Gasteiger partial charge in [-0.1, -0.05) is 0 Å². The minimum absolute atomic E-state index is 0.118. The molecule has 2 fully saturated rings. The van der Waals surface area contributed by atoms with Crippen molar-refractivity contribution >= 4 is 29.7 Å². The number of rotatable bonds is 3. The van der Waals surface area contributed by atoms with Crippen LogP contribution in [0.15, 0.2) is 0 Å². The van der Waals surface area contributed by atoms with E-state index in [1.807, 2.05) is 0 Å². The Morgan fingerprint density at radius 3 is 2.95 bits per heavy atom. The SMILES string of the molecule is O=C(O)CC1C(=O)NCCN1C(=O)NC1CCSC1. The Hall–Kier alpha value is -1.44. The van der Waals surface area contributed by atoms with Crippen LogP contribution in [0.1, 0.15) is 12.8 Å². The molecule has 7 nitrogen and oxygen atoms in total. The summed E-state index contributed by atoms with van der Waals surface area (Å²) in [6.07, 6.45) is 0.554. The van der Waals surface area contributed by atoms with Gasteiger partial charge in [0.2, 0.25) is 5.91 Å². The molecular formula is C11H17N3O4S. The van der Waals surface area contributed by atoms with E-state index in [4.69, 9.17) is 5.11 Å². The van der Waals surface area contributed by atoms with Crippen molar-refractivity contribution in [3.63, 3.8) is 0 Å². The third-order valence-electron chi connectivity index (χ3n) is 3.22.